The van der Waals surface area contributed by atoms with Gasteiger partial charge >= 0.3 is 18.9 Å². The maximum Gasteiger partial charge on any atom is 1.00 e. The van der Waals surface area contributed by atoms with Crippen LogP contribution in [0.2, 0.25) is 19.6 Å². The van der Waals surface area contributed by atoms with Crippen LogP contribution in [0.15, 0.2) is 4.66 Å². The Kier molecular flexibility index (Phi) is 6.09. The summed E-state index contributed by atoms with van der Waals surface area (Å²) in [5.74, 6) is 0. The molecule has 0 aromatic rings. The van der Waals surface area contributed by atoms with E-state index >= 15 is 0 Å². The molecule has 0 fully saturated rings. The van der Waals surface area contributed by atoms with E-state index in [9.17, 15) is 5.11 Å². The van der Waals surface area contributed by atoms with Crippen molar-refractivity contribution >= 4 is 14.3 Å². The summed E-state index contributed by atoms with van der Waals surface area (Å²) in [7, 11) is -1.67. The summed E-state index contributed by atoms with van der Waals surface area (Å²) in [6.07, 6.45) is -0.429. The molecule has 0 bridgehead atoms. The molecule has 0 unspecified atom stereocenters. The van der Waals surface area contributed by atoms with Crippen LogP contribution >= 0.6 is 0 Å². The van der Waals surface area contributed by atoms with Crippen molar-refractivity contribution in [1.29, 1.82) is 0 Å². The monoisotopic (exact) mass is 195 g/mol. The van der Waals surface area contributed by atoms with E-state index in [-0.39, 0.29) is 18.9 Å². The number of hydrogen-bond acceptors (Lipinski definition) is 3. The number of hydrogen-bond donors (Lipinski definition) is 0. The first-order valence-electron chi connectivity index (χ1n) is 4.06. The molecule has 0 aliphatic carbocycles. The molecular weight excluding hydrogens is 177 g/mol. The Morgan fingerprint density at radius 3 is 1.85 bits per heavy atom. The zero-order valence-corrected chi connectivity index (χ0v) is 10.8. The van der Waals surface area contributed by atoms with Crippen molar-refractivity contribution < 1.29 is 28.7 Å². The smallest absolute Gasteiger partial charge is 0.595 e. The standard InChI is InChI=1S/C8H19NO2Si.Li/c1-8(2,3)11-7(10)9-12(4,5)6;/h1-6H3,(H,9,10);/q;+1/p-1. The quantitative estimate of drug-likeness (QED) is 0.286. The van der Waals surface area contributed by atoms with Crippen molar-refractivity contribution in [1.82, 2.24) is 0 Å². The Morgan fingerprint density at radius 2 is 1.62 bits per heavy atom. The van der Waals surface area contributed by atoms with Crippen LogP contribution in [0.25, 0.3) is 0 Å². The molecule has 0 heterocycles. The van der Waals surface area contributed by atoms with Crippen LogP contribution in [0.5, 0.6) is 0 Å². The zero-order chi connectivity index (χ0) is 9.99. The van der Waals surface area contributed by atoms with Crippen LogP contribution in [-0.2, 0) is 4.74 Å². The van der Waals surface area contributed by atoms with Gasteiger partial charge < -0.3 is 14.5 Å². The van der Waals surface area contributed by atoms with E-state index in [0.29, 0.717) is 0 Å². The van der Waals surface area contributed by atoms with Crippen molar-refractivity contribution in [3.8, 4) is 0 Å². The Hall–Kier alpha value is 0.0843. The van der Waals surface area contributed by atoms with E-state index in [4.69, 9.17) is 4.74 Å². The van der Waals surface area contributed by atoms with Gasteiger partial charge in [-0.1, -0.05) is 20.8 Å². The molecule has 13 heavy (non-hydrogen) atoms. The molecule has 0 aromatic heterocycles. The first kappa shape index (κ1) is 15.6. The molecule has 72 valence electrons. The Morgan fingerprint density at radius 1 is 1.23 bits per heavy atom. The molecule has 0 aliphatic rings. The van der Waals surface area contributed by atoms with Crippen LogP contribution < -0.4 is 24.0 Å². The Labute approximate surface area is 93.9 Å². The summed E-state index contributed by atoms with van der Waals surface area (Å²) >= 11 is 0. The van der Waals surface area contributed by atoms with Crippen LogP contribution in [-0.4, -0.2) is 19.9 Å². The van der Waals surface area contributed by atoms with Gasteiger partial charge in [-0.2, -0.15) is 0 Å². The van der Waals surface area contributed by atoms with Gasteiger partial charge in [0.15, 0.2) is 8.24 Å². The Bertz CT molecular complexity index is 182. The van der Waals surface area contributed by atoms with Crippen molar-refractivity contribution in [3.05, 3.63) is 0 Å². The third kappa shape index (κ3) is 12.1. The molecule has 3 nitrogen and oxygen atoms in total. The van der Waals surface area contributed by atoms with E-state index in [1.165, 1.54) is 0 Å². The second kappa shape index (κ2) is 5.09. The van der Waals surface area contributed by atoms with Gasteiger partial charge in [-0.05, 0) is 19.6 Å². The van der Waals surface area contributed by atoms with Crippen molar-refractivity contribution in [2.24, 2.45) is 4.66 Å². The van der Waals surface area contributed by atoms with Gasteiger partial charge in [-0.25, -0.2) is 0 Å². The molecule has 0 N–H and O–H groups in total. The van der Waals surface area contributed by atoms with Crippen molar-refractivity contribution in [3.63, 3.8) is 0 Å². The first-order valence-corrected chi connectivity index (χ1v) is 7.51. The fraction of sp³-hybridized carbons (Fsp3) is 0.875. The maximum atomic E-state index is 11.1. The second-order valence-electron chi connectivity index (χ2n) is 4.76. The topological polar surface area (TPSA) is 44.6 Å². The van der Waals surface area contributed by atoms with E-state index in [2.05, 4.69) is 4.66 Å². The SMILES string of the molecule is CC(C)(C)OC([O-])=N[Si](C)(C)C.[Li+]. The summed E-state index contributed by atoms with van der Waals surface area (Å²) in [5.41, 5.74) is -0.430. The fourth-order valence-electron chi connectivity index (χ4n) is 0.559. The van der Waals surface area contributed by atoms with Gasteiger partial charge in [0.25, 0.3) is 0 Å². The molecule has 5 heteroatoms. The third-order valence-corrected chi connectivity index (χ3v) is 1.67. The van der Waals surface area contributed by atoms with Crippen LogP contribution in [0.1, 0.15) is 20.8 Å². The van der Waals surface area contributed by atoms with Gasteiger partial charge in [0.2, 0.25) is 0 Å². The molecule has 0 saturated heterocycles. The number of ether oxygens (including phenoxy) is 1. The predicted molar refractivity (Wildman–Crippen MR) is 51.6 cm³/mol. The normalized spacial score (nSPS) is 13.5. The fourth-order valence-corrected chi connectivity index (χ4v) is 1.15. The molecule has 0 atom stereocenters. The molecule has 0 rings (SSSR count). The molecule has 0 aliphatic heterocycles. The minimum absolute atomic E-state index is 0. The summed E-state index contributed by atoms with van der Waals surface area (Å²) in [5, 5.41) is 11.1. The van der Waals surface area contributed by atoms with Crippen LogP contribution in [0.4, 0.5) is 0 Å². The van der Waals surface area contributed by atoms with E-state index in [1.807, 2.05) is 40.4 Å². The van der Waals surface area contributed by atoms with Gasteiger partial charge in [-0.15, -0.1) is 0 Å². The van der Waals surface area contributed by atoms with Crippen molar-refractivity contribution in [2.75, 3.05) is 0 Å². The predicted octanol–water partition coefficient (Wildman–Crippen LogP) is -1.64. The van der Waals surface area contributed by atoms with Gasteiger partial charge in [-0.3, -0.25) is 0 Å². The first-order chi connectivity index (χ1) is 5.10. The largest absolute Gasteiger partial charge is 1.00 e. The average molecular weight is 195 g/mol. The van der Waals surface area contributed by atoms with Gasteiger partial charge in [0.05, 0.1) is 0 Å². The molecule has 0 saturated carbocycles. The summed E-state index contributed by atoms with van der Waals surface area (Å²) in [4.78, 5) is 0. The van der Waals surface area contributed by atoms with Crippen LogP contribution in [0, 0.1) is 0 Å². The van der Waals surface area contributed by atoms with Gasteiger partial charge in [0, 0.05) is 5.60 Å². The molecule has 0 radical (unpaired) electrons. The summed E-state index contributed by atoms with van der Waals surface area (Å²) < 4.78 is 9.02. The Balaban J connectivity index is 0. The average Bonchev–Trinajstić information content (AvgIpc) is 1.49. The molecule has 0 amide bonds. The minimum atomic E-state index is -1.67. The van der Waals surface area contributed by atoms with E-state index in [0.717, 1.165) is 0 Å². The van der Waals surface area contributed by atoms with E-state index < -0.39 is 19.9 Å². The molecule has 0 aromatic carbocycles. The summed E-state index contributed by atoms with van der Waals surface area (Å²) in [6.45, 7) is 11.5. The molecule has 0 spiro atoms. The number of rotatable bonds is 1. The van der Waals surface area contributed by atoms with Crippen molar-refractivity contribution in [2.45, 2.75) is 46.0 Å². The number of nitrogens with zero attached hydrogens (tertiary/aromatic N) is 1. The maximum absolute atomic E-state index is 11.1. The van der Waals surface area contributed by atoms with Crippen LogP contribution in [0.3, 0.4) is 0 Å². The summed E-state index contributed by atoms with van der Waals surface area (Å²) in [6, 6.07) is 0. The second-order valence-corrected chi connectivity index (χ2v) is 9.33. The third-order valence-electron chi connectivity index (χ3n) is 0.820. The minimum Gasteiger partial charge on any atom is -0.595 e. The van der Waals surface area contributed by atoms with Gasteiger partial charge in [0.1, 0.15) is 6.08 Å². The molecular formula is C8H18LiNO2Si. The van der Waals surface area contributed by atoms with E-state index in [1.54, 1.807) is 0 Å². The zero-order valence-electron chi connectivity index (χ0n) is 9.76.